The molecule has 0 spiro atoms. The number of hydrogen-bond acceptors (Lipinski definition) is 3. The average Bonchev–Trinajstić information content (AvgIpc) is 2.52. The number of carbonyl (C=O) groups is 1. The van der Waals surface area contributed by atoms with Crippen LogP contribution in [0, 0.1) is 0 Å². The summed E-state index contributed by atoms with van der Waals surface area (Å²) in [4.78, 5) is 14.2. The summed E-state index contributed by atoms with van der Waals surface area (Å²) in [6.45, 7) is 4.97. The Morgan fingerprint density at radius 3 is 2.67 bits per heavy atom. The Bertz CT molecular complexity index is 488. The lowest BCUT2D eigenvalue weighted by molar-refractivity contribution is 0.0891. The molecule has 0 bridgehead atoms. The summed E-state index contributed by atoms with van der Waals surface area (Å²) < 4.78 is 24.4. The summed E-state index contributed by atoms with van der Waals surface area (Å²) in [5.41, 5.74) is 2.47. The van der Waals surface area contributed by atoms with Crippen molar-refractivity contribution in [3.05, 3.63) is 29.3 Å². The molecule has 1 aliphatic heterocycles. The van der Waals surface area contributed by atoms with Gasteiger partial charge in [0.25, 0.3) is 12.3 Å². The first-order valence-electron chi connectivity index (χ1n) is 7.26. The minimum atomic E-state index is -2.53. The van der Waals surface area contributed by atoms with E-state index in [4.69, 9.17) is 0 Å². The van der Waals surface area contributed by atoms with E-state index in [0.29, 0.717) is 5.56 Å². The van der Waals surface area contributed by atoms with Crippen molar-refractivity contribution in [1.29, 1.82) is 0 Å². The van der Waals surface area contributed by atoms with Crippen LogP contribution < -0.4 is 15.5 Å². The Labute approximate surface area is 123 Å². The first-order chi connectivity index (χ1) is 10.1. The fraction of sp³-hybridized carbons (Fsp3) is 0.533. The van der Waals surface area contributed by atoms with Gasteiger partial charge in [-0.3, -0.25) is 4.79 Å². The molecule has 1 saturated heterocycles. The van der Waals surface area contributed by atoms with Crippen LogP contribution in [0.5, 0.6) is 0 Å². The molecule has 1 aromatic carbocycles. The summed E-state index contributed by atoms with van der Waals surface area (Å²) >= 11 is 0. The standard InChI is InChI=1S/C15H21F2N3O/c1-2-11-7-12(15(21)19-10-14(16)17)9-13(8-11)20-5-3-18-4-6-20/h7-9,14,18H,2-6,10H2,1H3,(H,19,21). The average molecular weight is 297 g/mol. The monoisotopic (exact) mass is 297 g/mol. The molecular formula is C15H21F2N3O. The molecule has 4 nitrogen and oxygen atoms in total. The van der Waals surface area contributed by atoms with Crippen molar-refractivity contribution in [1.82, 2.24) is 10.6 Å². The van der Waals surface area contributed by atoms with Gasteiger partial charge in [0.05, 0.1) is 6.54 Å². The first kappa shape index (κ1) is 15.7. The van der Waals surface area contributed by atoms with Crippen LogP contribution in [0.25, 0.3) is 0 Å². The van der Waals surface area contributed by atoms with Crippen molar-refractivity contribution in [2.45, 2.75) is 19.8 Å². The summed E-state index contributed by atoms with van der Waals surface area (Å²) in [6.07, 6.45) is -1.73. The van der Waals surface area contributed by atoms with E-state index in [1.165, 1.54) is 0 Å². The highest BCUT2D eigenvalue weighted by Gasteiger charge is 2.15. The van der Waals surface area contributed by atoms with E-state index in [1.807, 2.05) is 6.92 Å². The number of amides is 1. The third-order valence-electron chi connectivity index (χ3n) is 3.55. The maximum absolute atomic E-state index is 12.2. The largest absolute Gasteiger partial charge is 0.369 e. The SMILES string of the molecule is CCc1cc(C(=O)NCC(F)F)cc(N2CCNCC2)c1. The van der Waals surface area contributed by atoms with Crippen molar-refractivity contribution in [3.63, 3.8) is 0 Å². The second-order valence-electron chi connectivity index (χ2n) is 5.08. The lowest BCUT2D eigenvalue weighted by Crippen LogP contribution is -2.43. The molecule has 116 valence electrons. The van der Waals surface area contributed by atoms with Crippen molar-refractivity contribution in [3.8, 4) is 0 Å². The van der Waals surface area contributed by atoms with Crippen LogP contribution in [-0.4, -0.2) is 45.1 Å². The predicted octanol–water partition coefficient (Wildman–Crippen LogP) is 1.65. The molecule has 0 unspecified atom stereocenters. The maximum Gasteiger partial charge on any atom is 0.255 e. The molecule has 1 aliphatic rings. The summed E-state index contributed by atoms with van der Waals surface area (Å²) in [6, 6.07) is 5.62. The quantitative estimate of drug-likeness (QED) is 0.868. The summed E-state index contributed by atoms with van der Waals surface area (Å²) in [5.74, 6) is -0.443. The number of rotatable bonds is 5. The maximum atomic E-state index is 12.2. The fourth-order valence-electron chi connectivity index (χ4n) is 2.39. The van der Waals surface area contributed by atoms with Crippen molar-refractivity contribution >= 4 is 11.6 Å². The van der Waals surface area contributed by atoms with Crippen LogP contribution in [-0.2, 0) is 6.42 Å². The van der Waals surface area contributed by atoms with Gasteiger partial charge >= 0.3 is 0 Å². The number of halogens is 2. The zero-order chi connectivity index (χ0) is 15.2. The van der Waals surface area contributed by atoms with Crippen LogP contribution >= 0.6 is 0 Å². The molecule has 21 heavy (non-hydrogen) atoms. The van der Waals surface area contributed by atoms with Gasteiger partial charge < -0.3 is 15.5 Å². The second-order valence-corrected chi connectivity index (χ2v) is 5.08. The highest BCUT2D eigenvalue weighted by Crippen LogP contribution is 2.20. The molecule has 6 heteroatoms. The molecule has 0 radical (unpaired) electrons. The molecule has 0 aromatic heterocycles. The van der Waals surface area contributed by atoms with E-state index in [1.54, 1.807) is 12.1 Å². The predicted molar refractivity (Wildman–Crippen MR) is 79.2 cm³/mol. The van der Waals surface area contributed by atoms with E-state index in [9.17, 15) is 13.6 Å². The first-order valence-corrected chi connectivity index (χ1v) is 7.26. The van der Waals surface area contributed by atoms with Gasteiger partial charge in [0, 0.05) is 37.4 Å². The van der Waals surface area contributed by atoms with Crippen LogP contribution in [0.4, 0.5) is 14.5 Å². The number of anilines is 1. The summed E-state index contributed by atoms with van der Waals surface area (Å²) in [7, 11) is 0. The summed E-state index contributed by atoms with van der Waals surface area (Å²) in [5, 5.41) is 5.54. The molecule has 1 heterocycles. The number of nitrogens with zero attached hydrogens (tertiary/aromatic N) is 1. The van der Waals surface area contributed by atoms with Crippen molar-refractivity contribution in [2.24, 2.45) is 0 Å². The second kappa shape index (κ2) is 7.36. The number of benzene rings is 1. The van der Waals surface area contributed by atoms with E-state index in [2.05, 4.69) is 21.6 Å². The molecule has 2 N–H and O–H groups in total. The third kappa shape index (κ3) is 4.39. The normalized spacial score (nSPS) is 15.3. The topological polar surface area (TPSA) is 44.4 Å². The zero-order valence-corrected chi connectivity index (χ0v) is 12.2. The molecule has 0 saturated carbocycles. The molecule has 0 aliphatic carbocycles. The molecule has 1 amide bonds. The van der Waals surface area contributed by atoms with E-state index in [0.717, 1.165) is 43.9 Å². The number of piperazine rings is 1. The number of carbonyl (C=O) groups excluding carboxylic acids is 1. The van der Waals surface area contributed by atoms with Crippen LogP contribution in [0.15, 0.2) is 18.2 Å². The zero-order valence-electron chi connectivity index (χ0n) is 12.2. The molecule has 0 atom stereocenters. The number of aryl methyl sites for hydroxylation is 1. The van der Waals surface area contributed by atoms with Gasteiger partial charge in [-0.15, -0.1) is 0 Å². The van der Waals surface area contributed by atoms with Gasteiger partial charge in [-0.2, -0.15) is 0 Å². The molecule has 2 rings (SSSR count). The Morgan fingerprint density at radius 2 is 2.05 bits per heavy atom. The highest BCUT2D eigenvalue weighted by atomic mass is 19.3. The fourth-order valence-corrected chi connectivity index (χ4v) is 2.39. The molecular weight excluding hydrogens is 276 g/mol. The Kier molecular flexibility index (Phi) is 5.50. The van der Waals surface area contributed by atoms with E-state index < -0.39 is 18.9 Å². The van der Waals surface area contributed by atoms with Crippen LogP contribution in [0.3, 0.4) is 0 Å². The van der Waals surface area contributed by atoms with E-state index >= 15 is 0 Å². The number of hydrogen-bond donors (Lipinski definition) is 2. The van der Waals surface area contributed by atoms with Gasteiger partial charge in [0.15, 0.2) is 0 Å². The number of nitrogens with one attached hydrogen (secondary N) is 2. The smallest absolute Gasteiger partial charge is 0.255 e. The minimum Gasteiger partial charge on any atom is -0.369 e. The lowest BCUT2D eigenvalue weighted by atomic mass is 10.1. The van der Waals surface area contributed by atoms with Gasteiger partial charge in [-0.1, -0.05) is 6.92 Å². The lowest BCUT2D eigenvalue weighted by Gasteiger charge is -2.30. The molecule has 1 aromatic rings. The van der Waals surface area contributed by atoms with Crippen molar-refractivity contribution in [2.75, 3.05) is 37.6 Å². The Balaban J connectivity index is 2.18. The van der Waals surface area contributed by atoms with Crippen LogP contribution in [0.1, 0.15) is 22.8 Å². The Hall–Kier alpha value is -1.69. The third-order valence-corrected chi connectivity index (χ3v) is 3.55. The minimum absolute atomic E-state index is 0.443. The van der Waals surface area contributed by atoms with Gasteiger partial charge in [0.2, 0.25) is 0 Å². The van der Waals surface area contributed by atoms with Crippen LogP contribution in [0.2, 0.25) is 0 Å². The number of alkyl halides is 2. The van der Waals surface area contributed by atoms with Gasteiger partial charge in [-0.05, 0) is 30.2 Å². The Morgan fingerprint density at radius 1 is 1.33 bits per heavy atom. The highest BCUT2D eigenvalue weighted by molar-refractivity contribution is 5.95. The van der Waals surface area contributed by atoms with E-state index in [-0.39, 0.29) is 0 Å². The van der Waals surface area contributed by atoms with Crippen molar-refractivity contribution < 1.29 is 13.6 Å². The van der Waals surface area contributed by atoms with Gasteiger partial charge in [-0.25, -0.2) is 8.78 Å². The molecule has 1 fully saturated rings. The van der Waals surface area contributed by atoms with Gasteiger partial charge in [0.1, 0.15) is 0 Å².